The molecule has 1 aliphatic rings. The van der Waals surface area contributed by atoms with Crippen molar-refractivity contribution in [2.75, 3.05) is 19.8 Å². The van der Waals surface area contributed by atoms with Gasteiger partial charge in [0.2, 0.25) is 0 Å². The highest BCUT2D eigenvalue weighted by Crippen LogP contribution is 2.10. The fourth-order valence-corrected chi connectivity index (χ4v) is 2.56. The summed E-state index contributed by atoms with van der Waals surface area (Å²) in [7, 11) is 0. The molecule has 1 aromatic rings. The van der Waals surface area contributed by atoms with Gasteiger partial charge >= 0.3 is 0 Å². The van der Waals surface area contributed by atoms with E-state index in [-0.39, 0.29) is 11.9 Å². The third kappa shape index (κ3) is 5.48. The maximum atomic E-state index is 12.2. The molecule has 2 rings (SSSR count). The van der Waals surface area contributed by atoms with E-state index in [1.54, 1.807) is 0 Å². The summed E-state index contributed by atoms with van der Waals surface area (Å²) in [6.45, 7) is 3.59. The highest BCUT2D eigenvalue weighted by molar-refractivity contribution is 5.81. The number of benzene rings is 1. The first kappa shape index (κ1) is 16.0. The van der Waals surface area contributed by atoms with E-state index in [0.717, 1.165) is 25.7 Å². The Morgan fingerprint density at radius 3 is 2.76 bits per heavy atom. The van der Waals surface area contributed by atoms with Gasteiger partial charge < -0.3 is 14.8 Å². The Balaban J connectivity index is 1.81. The Bertz CT molecular complexity index is 415. The van der Waals surface area contributed by atoms with Gasteiger partial charge in [-0.15, -0.1) is 0 Å². The number of nitrogens with one attached hydrogen (secondary N) is 1. The molecular weight excluding hydrogens is 266 g/mol. The van der Waals surface area contributed by atoms with Gasteiger partial charge in [-0.05, 0) is 24.8 Å². The van der Waals surface area contributed by atoms with Crippen molar-refractivity contribution in [1.29, 1.82) is 0 Å². The van der Waals surface area contributed by atoms with Crippen molar-refractivity contribution in [2.45, 2.75) is 44.8 Å². The molecule has 1 saturated heterocycles. The fraction of sp³-hybridized carbons (Fsp3) is 0.588. The van der Waals surface area contributed by atoms with Gasteiger partial charge in [-0.1, -0.05) is 43.7 Å². The molecule has 0 radical (unpaired) electrons. The highest BCUT2D eigenvalue weighted by atomic mass is 16.6. The first-order valence-corrected chi connectivity index (χ1v) is 7.83. The number of aryl methyl sites for hydroxylation is 1. The van der Waals surface area contributed by atoms with Crippen LogP contribution in [-0.4, -0.2) is 37.9 Å². The van der Waals surface area contributed by atoms with Gasteiger partial charge in [0, 0.05) is 6.04 Å². The van der Waals surface area contributed by atoms with Crippen LogP contribution in [0.15, 0.2) is 30.3 Å². The molecule has 0 spiro atoms. The van der Waals surface area contributed by atoms with Crippen molar-refractivity contribution in [3.05, 3.63) is 35.9 Å². The van der Waals surface area contributed by atoms with Crippen LogP contribution in [0.4, 0.5) is 0 Å². The summed E-state index contributed by atoms with van der Waals surface area (Å²) in [5.74, 6) is -0.0405. The molecule has 116 valence electrons. The number of carbonyl (C=O) groups is 1. The van der Waals surface area contributed by atoms with Gasteiger partial charge in [0.05, 0.1) is 19.8 Å². The molecule has 21 heavy (non-hydrogen) atoms. The van der Waals surface area contributed by atoms with Crippen molar-refractivity contribution in [3.8, 4) is 0 Å². The van der Waals surface area contributed by atoms with Crippen molar-refractivity contribution >= 4 is 5.91 Å². The largest absolute Gasteiger partial charge is 0.376 e. The summed E-state index contributed by atoms with van der Waals surface area (Å²) in [6, 6.07) is 10.6. The molecule has 2 atom stereocenters. The first-order chi connectivity index (χ1) is 10.3. The molecule has 1 amide bonds. The van der Waals surface area contributed by atoms with Crippen molar-refractivity contribution in [2.24, 2.45) is 0 Å². The van der Waals surface area contributed by atoms with Crippen LogP contribution in [-0.2, 0) is 20.7 Å². The molecular formula is C17H25NO3. The van der Waals surface area contributed by atoms with Crippen LogP contribution in [0.3, 0.4) is 0 Å². The second-order valence-corrected chi connectivity index (χ2v) is 5.45. The van der Waals surface area contributed by atoms with E-state index < -0.39 is 6.10 Å². The van der Waals surface area contributed by atoms with Crippen LogP contribution in [0, 0.1) is 0 Å². The minimum Gasteiger partial charge on any atom is -0.376 e. The molecule has 2 unspecified atom stereocenters. The predicted octanol–water partition coefficient (Wildman–Crippen LogP) is 2.32. The summed E-state index contributed by atoms with van der Waals surface area (Å²) in [6.07, 6.45) is 3.54. The Labute approximate surface area is 126 Å². The lowest BCUT2D eigenvalue weighted by molar-refractivity contribution is -0.148. The number of hydrogen-bond acceptors (Lipinski definition) is 3. The lowest BCUT2D eigenvalue weighted by atomic mass is 10.0. The van der Waals surface area contributed by atoms with Gasteiger partial charge in [-0.25, -0.2) is 0 Å². The Morgan fingerprint density at radius 2 is 2.10 bits per heavy atom. The first-order valence-electron chi connectivity index (χ1n) is 7.83. The third-order valence-corrected chi connectivity index (χ3v) is 3.72. The zero-order valence-corrected chi connectivity index (χ0v) is 12.7. The van der Waals surface area contributed by atoms with Gasteiger partial charge in [-0.2, -0.15) is 0 Å². The summed E-state index contributed by atoms with van der Waals surface area (Å²) in [5, 5.41) is 3.11. The highest BCUT2D eigenvalue weighted by Gasteiger charge is 2.24. The molecule has 0 saturated carbocycles. The quantitative estimate of drug-likeness (QED) is 0.838. The Hall–Kier alpha value is -1.39. The summed E-state index contributed by atoms with van der Waals surface area (Å²) in [5.41, 5.74) is 1.31. The van der Waals surface area contributed by atoms with Crippen LogP contribution in [0.25, 0.3) is 0 Å². The molecule has 1 N–H and O–H groups in total. The number of carbonyl (C=O) groups excluding carboxylic acids is 1. The average Bonchev–Trinajstić information content (AvgIpc) is 2.54. The number of amides is 1. The predicted molar refractivity (Wildman–Crippen MR) is 82.2 cm³/mol. The zero-order chi connectivity index (χ0) is 14.9. The lowest BCUT2D eigenvalue weighted by Gasteiger charge is -2.25. The van der Waals surface area contributed by atoms with E-state index in [1.807, 2.05) is 6.07 Å². The molecule has 1 aliphatic heterocycles. The molecule has 4 heteroatoms. The maximum Gasteiger partial charge on any atom is 0.251 e. The maximum absolute atomic E-state index is 12.2. The molecule has 4 nitrogen and oxygen atoms in total. The standard InChI is InChI=1S/C17H25NO3/c1-2-6-15(10-9-14-7-4-3-5-8-14)18-17(19)16-13-20-11-12-21-16/h3-5,7-8,15-16H,2,6,9-13H2,1H3,(H,18,19). The summed E-state index contributed by atoms with van der Waals surface area (Å²) in [4.78, 5) is 12.2. The van der Waals surface area contributed by atoms with Gasteiger partial charge in [0.1, 0.15) is 0 Å². The Kier molecular flexibility index (Phi) is 6.70. The van der Waals surface area contributed by atoms with E-state index in [2.05, 4.69) is 36.5 Å². The molecule has 0 aliphatic carbocycles. The van der Waals surface area contributed by atoms with Crippen molar-refractivity contribution in [3.63, 3.8) is 0 Å². The fourth-order valence-electron chi connectivity index (χ4n) is 2.56. The van der Waals surface area contributed by atoms with Crippen LogP contribution < -0.4 is 5.32 Å². The molecule has 0 aromatic heterocycles. The monoisotopic (exact) mass is 291 g/mol. The van der Waals surface area contributed by atoms with E-state index >= 15 is 0 Å². The Morgan fingerprint density at radius 1 is 1.29 bits per heavy atom. The third-order valence-electron chi connectivity index (χ3n) is 3.72. The van der Waals surface area contributed by atoms with E-state index in [9.17, 15) is 4.79 Å². The summed E-state index contributed by atoms with van der Waals surface area (Å²) >= 11 is 0. The van der Waals surface area contributed by atoms with Crippen LogP contribution in [0.1, 0.15) is 31.7 Å². The molecule has 0 bridgehead atoms. The average molecular weight is 291 g/mol. The normalized spacial score (nSPS) is 20.0. The van der Waals surface area contributed by atoms with Gasteiger partial charge in [0.25, 0.3) is 5.91 Å². The second kappa shape index (κ2) is 8.80. The van der Waals surface area contributed by atoms with Gasteiger partial charge in [0.15, 0.2) is 6.10 Å². The number of hydrogen-bond donors (Lipinski definition) is 1. The smallest absolute Gasteiger partial charge is 0.251 e. The van der Waals surface area contributed by atoms with Crippen LogP contribution >= 0.6 is 0 Å². The van der Waals surface area contributed by atoms with Crippen molar-refractivity contribution in [1.82, 2.24) is 5.32 Å². The molecule has 1 heterocycles. The lowest BCUT2D eigenvalue weighted by Crippen LogP contribution is -2.46. The van der Waals surface area contributed by atoms with E-state index in [1.165, 1.54) is 5.56 Å². The second-order valence-electron chi connectivity index (χ2n) is 5.45. The SMILES string of the molecule is CCCC(CCc1ccccc1)NC(=O)C1COCCO1. The van der Waals surface area contributed by atoms with E-state index in [0.29, 0.717) is 19.8 Å². The number of rotatable bonds is 7. The minimum absolute atomic E-state index is 0.0405. The minimum atomic E-state index is -0.449. The van der Waals surface area contributed by atoms with Crippen LogP contribution in [0.2, 0.25) is 0 Å². The zero-order valence-electron chi connectivity index (χ0n) is 12.7. The number of ether oxygens (including phenoxy) is 2. The van der Waals surface area contributed by atoms with Crippen molar-refractivity contribution < 1.29 is 14.3 Å². The van der Waals surface area contributed by atoms with Gasteiger partial charge in [-0.3, -0.25) is 4.79 Å². The molecule has 1 fully saturated rings. The molecule has 1 aromatic carbocycles. The van der Waals surface area contributed by atoms with E-state index in [4.69, 9.17) is 9.47 Å². The topological polar surface area (TPSA) is 47.6 Å². The van der Waals surface area contributed by atoms with Crippen LogP contribution in [0.5, 0.6) is 0 Å². The summed E-state index contributed by atoms with van der Waals surface area (Å²) < 4.78 is 10.7.